The van der Waals surface area contributed by atoms with Crippen LogP contribution in [0.25, 0.3) is 0 Å². The van der Waals surface area contributed by atoms with Crippen molar-refractivity contribution in [2.75, 3.05) is 19.6 Å². The number of hydrogen-bond donors (Lipinski definition) is 1. The molecule has 0 aromatic carbocycles. The molecule has 1 aliphatic carbocycles. The molecule has 0 radical (unpaired) electrons. The van der Waals surface area contributed by atoms with E-state index in [1.807, 2.05) is 6.07 Å². The zero-order chi connectivity index (χ0) is 20.1. The number of amides is 1. The molecule has 6 heteroatoms. The number of nitrogens with zero attached hydrogens (tertiary/aromatic N) is 3. The smallest absolute Gasteiger partial charge is 0.266 e. The van der Waals surface area contributed by atoms with E-state index in [0.717, 1.165) is 38.0 Å². The van der Waals surface area contributed by atoms with Crippen molar-refractivity contribution in [1.29, 1.82) is 0 Å². The Bertz CT molecular complexity index is 755. The topological polar surface area (TPSA) is 67.2 Å². The maximum Gasteiger partial charge on any atom is 0.266 e. The lowest BCUT2D eigenvalue weighted by Gasteiger charge is -2.36. The molecule has 1 aromatic heterocycles. The third-order valence-electron chi connectivity index (χ3n) is 5.87. The van der Waals surface area contributed by atoms with Crippen LogP contribution in [-0.4, -0.2) is 46.3 Å². The molecular formula is C22H34N4O2. The Morgan fingerprint density at radius 1 is 1.18 bits per heavy atom. The minimum Gasteiger partial charge on any atom is -0.354 e. The molecule has 1 fully saturated rings. The quantitative estimate of drug-likeness (QED) is 0.763. The third-order valence-corrected chi connectivity index (χ3v) is 5.87. The van der Waals surface area contributed by atoms with E-state index in [1.54, 1.807) is 10.7 Å². The fourth-order valence-corrected chi connectivity index (χ4v) is 4.01. The van der Waals surface area contributed by atoms with Crippen molar-refractivity contribution in [2.24, 2.45) is 5.92 Å². The molecule has 28 heavy (non-hydrogen) atoms. The molecule has 1 amide bonds. The van der Waals surface area contributed by atoms with Crippen LogP contribution < -0.4 is 10.9 Å². The Morgan fingerprint density at radius 2 is 1.93 bits per heavy atom. The number of carbonyl (C=O) groups excluding carboxylic acids is 1. The molecule has 1 aliphatic heterocycles. The van der Waals surface area contributed by atoms with Gasteiger partial charge in [0.05, 0.1) is 12.2 Å². The fourth-order valence-electron chi connectivity index (χ4n) is 4.01. The van der Waals surface area contributed by atoms with Gasteiger partial charge in [0.15, 0.2) is 0 Å². The SMILES string of the molecule is CC(C)(C)c1ccc(=O)n(CCN2CCCCC2CNC(=O)C2CC=CC2)n1. The van der Waals surface area contributed by atoms with E-state index >= 15 is 0 Å². The zero-order valence-electron chi connectivity index (χ0n) is 17.5. The molecule has 1 atom stereocenters. The van der Waals surface area contributed by atoms with Gasteiger partial charge in [-0.05, 0) is 38.3 Å². The van der Waals surface area contributed by atoms with E-state index in [2.05, 4.69) is 48.2 Å². The summed E-state index contributed by atoms with van der Waals surface area (Å²) in [6, 6.07) is 3.79. The van der Waals surface area contributed by atoms with E-state index in [4.69, 9.17) is 0 Å². The predicted molar refractivity (Wildman–Crippen MR) is 111 cm³/mol. The van der Waals surface area contributed by atoms with Crippen LogP contribution in [0.15, 0.2) is 29.1 Å². The van der Waals surface area contributed by atoms with E-state index < -0.39 is 0 Å². The molecule has 3 rings (SSSR count). The van der Waals surface area contributed by atoms with Gasteiger partial charge >= 0.3 is 0 Å². The predicted octanol–water partition coefficient (Wildman–Crippen LogP) is 2.48. The lowest BCUT2D eigenvalue weighted by molar-refractivity contribution is -0.125. The number of rotatable bonds is 6. The summed E-state index contributed by atoms with van der Waals surface area (Å²) in [6.07, 6.45) is 9.35. The summed E-state index contributed by atoms with van der Waals surface area (Å²) in [5.41, 5.74) is 0.797. The maximum absolute atomic E-state index is 12.3. The summed E-state index contributed by atoms with van der Waals surface area (Å²) >= 11 is 0. The van der Waals surface area contributed by atoms with Crippen LogP contribution in [0.1, 0.15) is 58.6 Å². The number of likely N-dealkylation sites (tertiary alicyclic amines) is 1. The first kappa shape index (κ1) is 20.8. The van der Waals surface area contributed by atoms with Gasteiger partial charge in [-0.2, -0.15) is 5.10 Å². The second kappa shape index (κ2) is 9.03. The first-order valence-electron chi connectivity index (χ1n) is 10.6. The van der Waals surface area contributed by atoms with Crippen LogP contribution >= 0.6 is 0 Å². The summed E-state index contributed by atoms with van der Waals surface area (Å²) in [6.45, 7) is 9.39. The van der Waals surface area contributed by atoms with Crippen molar-refractivity contribution in [3.05, 3.63) is 40.3 Å². The van der Waals surface area contributed by atoms with Gasteiger partial charge in [-0.1, -0.05) is 39.3 Å². The van der Waals surface area contributed by atoms with Gasteiger partial charge in [-0.15, -0.1) is 0 Å². The number of piperidine rings is 1. The molecule has 1 saturated heterocycles. The van der Waals surface area contributed by atoms with E-state index in [0.29, 0.717) is 19.1 Å². The molecular weight excluding hydrogens is 352 g/mol. The molecule has 6 nitrogen and oxygen atoms in total. The Hall–Kier alpha value is -1.95. The summed E-state index contributed by atoms with van der Waals surface area (Å²) in [5, 5.41) is 7.74. The molecule has 1 aromatic rings. The van der Waals surface area contributed by atoms with Crippen LogP contribution in [0.2, 0.25) is 0 Å². The summed E-state index contributed by atoms with van der Waals surface area (Å²) < 4.78 is 1.59. The molecule has 0 saturated carbocycles. The van der Waals surface area contributed by atoms with E-state index in [9.17, 15) is 9.59 Å². The number of nitrogens with one attached hydrogen (secondary N) is 1. The van der Waals surface area contributed by atoms with Gasteiger partial charge in [0, 0.05) is 36.5 Å². The lowest BCUT2D eigenvalue weighted by atomic mass is 9.92. The van der Waals surface area contributed by atoms with E-state index in [1.165, 1.54) is 12.8 Å². The Labute approximate surface area is 168 Å². The number of allylic oxidation sites excluding steroid dienone is 2. The average molecular weight is 387 g/mol. The standard InChI is InChI=1S/C22H34N4O2/c1-22(2,3)19-11-12-20(27)26(24-19)15-14-25-13-7-6-10-18(25)16-23-21(28)17-8-4-5-9-17/h4-5,11-12,17-18H,6-10,13-16H2,1-3H3,(H,23,28). The molecule has 0 bridgehead atoms. The minimum absolute atomic E-state index is 0.0522. The first-order chi connectivity index (χ1) is 13.3. The van der Waals surface area contributed by atoms with Crippen LogP contribution in [0.3, 0.4) is 0 Å². The fraction of sp³-hybridized carbons (Fsp3) is 0.682. The minimum atomic E-state index is -0.0809. The second-order valence-corrected chi connectivity index (χ2v) is 9.10. The van der Waals surface area contributed by atoms with Crippen molar-refractivity contribution in [1.82, 2.24) is 20.0 Å². The van der Waals surface area contributed by atoms with Crippen LogP contribution in [0.5, 0.6) is 0 Å². The molecule has 1 N–H and O–H groups in total. The Balaban J connectivity index is 1.57. The number of hydrogen-bond acceptors (Lipinski definition) is 4. The summed E-state index contributed by atoms with van der Waals surface area (Å²) in [4.78, 5) is 27.0. The Kier molecular flexibility index (Phi) is 6.70. The second-order valence-electron chi connectivity index (χ2n) is 9.10. The highest BCUT2D eigenvalue weighted by molar-refractivity contribution is 5.79. The Morgan fingerprint density at radius 3 is 2.64 bits per heavy atom. The van der Waals surface area contributed by atoms with Crippen LogP contribution in [0, 0.1) is 5.92 Å². The number of carbonyl (C=O) groups is 1. The van der Waals surface area contributed by atoms with Crippen molar-refractivity contribution in [2.45, 2.75) is 70.9 Å². The lowest BCUT2D eigenvalue weighted by Crippen LogP contribution is -2.49. The van der Waals surface area contributed by atoms with Crippen LogP contribution in [-0.2, 0) is 16.8 Å². The normalized spacial score (nSPS) is 21.2. The van der Waals surface area contributed by atoms with Crippen LogP contribution in [0.4, 0.5) is 0 Å². The van der Waals surface area contributed by atoms with Crippen molar-refractivity contribution in [3.8, 4) is 0 Å². The molecule has 2 aliphatic rings. The molecule has 1 unspecified atom stereocenters. The highest BCUT2D eigenvalue weighted by Gasteiger charge is 2.25. The zero-order valence-corrected chi connectivity index (χ0v) is 17.5. The van der Waals surface area contributed by atoms with Gasteiger partial charge in [0.25, 0.3) is 5.56 Å². The molecule has 154 valence electrons. The van der Waals surface area contributed by atoms with Crippen molar-refractivity contribution >= 4 is 5.91 Å². The number of aromatic nitrogens is 2. The largest absolute Gasteiger partial charge is 0.354 e. The van der Waals surface area contributed by atoms with Crippen molar-refractivity contribution in [3.63, 3.8) is 0 Å². The summed E-state index contributed by atoms with van der Waals surface area (Å²) in [5.74, 6) is 0.284. The summed E-state index contributed by atoms with van der Waals surface area (Å²) in [7, 11) is 0. The molecule has 2 heterocycles. The molecule has 0 spiro atoms. The van der Waals surface area contributed by atoms with Gasteiger partial charge < -0.3 is 5.32 Å². The monoisotopic (exact) mass is 386 g/mol. The third kappa shape index (κ3) is 5.31. The van der Waals surface area contributed by atoms with E-state index in [-0.39, 0.29) is 22.8 Å². The highest BCUT2D eigenvalue weighted by atomic mass is 16.2. The first-order valence-corrected chi connectivity index (χ1v) is 10.6. The van der Waals surface area contributed by atoms with Gasteiger partial charge in [-0.3, -0.25) is 14.5 Å². The average Bonchev–Trinajstić information content (AvgIpc) is 3.20. The highest BCUT2D eigenvalue weighted by Crippen LogP contribution is 2.20. The van der Waals surface area contributed by atoms with Gasteiger partial charge in [-0.25, -0.2) is 4.68 Å². The van der Waals surface area contributed by atoms with Gasteiger partial charge in [0.1, 0.15) is 0 Å². The maximum atomic E-state index is 12.3. The van der Waals surface area contributed by atoms with Crippen molar-refractivity contribution < 1.29 is 4.79 Å². The van der Waals surface area contributed by atoms with Gasteiger partial charge in [0.2, 0.25) is 5.91 Å².